The van der Waals surface area contributed by atoms with Crippen LogP contribution in [-0.4, -0.2) is 23.4 Å². The lowest BCUT2D eigenvalue weighted by atomic mass is 9.81. The fourth-order valence-corrected chi connectivity index (χ4v) is 5.04. The Bertz CT molecular complexity index is 1260. The standard InChI is InChI=1S/C20H16N2O5S/c1-20-15(18(24)25-2)16(12-5-3-4-6-13(12)27-20)22-17(23)14(28-19(22)21-20)9-11-7-8-26-10-11/h3-10,15-16H,1-2H3/b14-9-/t15-,16-,20-/m1/s1. The number of para-hydroxylation sites is 1. The molecule has 0 amide bonds. The van der Waals surface area contributed by atoms with Crippen LogP contribution in [-0.2, 0) is 9.53 Å². The first-order valence-electron chi connectivity index (χ1n) is 8.73. The summed E-state index contributed by atoms with van der Waals surface area (Å²) < 4.78 is 18.4. The molecule has 0 aliphatic carbocycles. The number of carbonyl (C=O) groups is 1. The van der Waals surface area contributed by atoms with Crippen LogP contribution in [0.4, 0.5) is 0 Å². The van der Waals surface area contributed by atoms with Gasteiger partial charge in [0.2, 0.25) is 5.72 Å². The number of fused-ring (bicyclic) bond motifs is 6. The second-order valence-corrected chi connectivity index (χ2v) is 7.89. The summed E-state index contributed by atoms with van der Waals surface area (Å²) in [4.78, 5) is 31.1. The topological polar surface area (TPSA) is 83.0 Å². The van der Waals surface area contributed by atoms with E-state index in [4.69, 9.17) is 13.9 Å². The van der Waals surface area contributed by atoms with Gasteiger partial charge in [-0.05, 0) is 25.1 Å². The third kappa shape index (κ3) is 2.31. The summed E-state index contributed by atoms with van der Waals surface area (Å²) >= 11 is 1.27. The Morgan fingerprint density at radius 1 is 1.36 bits per heavy atom. The predicted octanol–water partition coefficient (Wildman–Crippen LogP) is 1.45. The number of benzene rings is 1. The molecule has 0 N–H and O–H groups in total. The third-order valence-electron chi connectivity index (χ3n) is 5.18. The highest BCUT2D eigenvalue weighted by Crippen LogP contribution is 2.47. The molecule has 0 saturated carbocycles. The van der Waals surface area contributed by atoms with E-state index in [9.17, 15) is 9.59 Å². The molecule has 0 unspecified atom stereocenters. The van der Waals surface area contributed by atoms with E-state index < -0.39 is 23.7 Å². The van der Waals surface area contributed by atoms with Crippen LogP contribution in [0.25, 0.3) is 6.08 Å². The van der Waals surface area contributed by atoms with Crippen molar-refractivity contribution >= 4 is 23.4 Å². The second kappa shape index (κ2) is 5.93. The summed E-state index contributed by atoms with van der Waals surface area (Å²) in [5, 5.41) is 0. The minimum Gasteiger partial charge on any atom is -0.472 e. The molecule has 3 atom stereocenters. The van der Waals surface area contributed by atoms with E-state index in [-0.39, 0.29) is 5.56 Å². The fourth-order valence-electron chi connectivity index (χ4n) is 3.94. The summed E-state index contributed by atoms with van der Waals surface area (Å²) in [6.45, 7) is 1.75. The normalized spacial score (nSPS) is 25.3. The van der Waals surface area contributed by atoms with Crippen molar-refractivity contribution < 1.29 is 18.7 Å². The molecule has 2 aliphatic rings. The quantitative estimate of drug-likeness (QED) is 0.613. The van der Waals surface area contributed by atoms with E-state index in [1.165, 1.54) is 18.4 Å². The Morgan fingerprint density at radius 3 is 2.93 bits per heavy atom. The van der Waals surface area contributed by atoms with Crippen molar-refractivity contribution in [1.29, 1.82) is 0 Å². The Hall–Kier alpha value is -3.13. The molecule has 142 valence electrons. The molecule has 2 aliphatic heterocycles. The molecule has 2 aromatic heterocycles. The molecule has 3 aromatic rings. The SMILES string of the molecule is COC(=O)[C@H]1[C@H]2c3ccccc3O[C@@]1(C)N=c1s/c(=C\c3ccoc3)c(=O)n12. The molecule has 5 rings (SSSR count). The van der Waals surface area contributed by atoms with Crippen LogP contribution in [0.5, 0.6) is 5.75 Å². The van der Waals surface area contributed by atoms with Crippen LogP contribution in [0.1, 0.15) is 24.1 Å². The van der Waals surface area contributed by atoms with Crippen LogP contribution < -0.4 is 19.6 Å². The number of hydrogen-bond acceptors (Lipinski definition) is 7. The molecule has 0 radical (unpaired) electrons. The van der Waals surface area contributed by atoms with Crippen molar-refractivity contribution in [3.05, 3.63) is 73.7 Å². The fraction of sp³-hybridized carbons (Fsp3) is 0.250. The van der Waals surface area contributed by atoms with Gasteiger partial charge >= 0.3 is 5.97 Å². The number of rotatable bonds is 2. The van der Waals surface area contributed by atoms with Crippen molar-refractivity contribution in [3.8, 4) is 5.75 Å². The highest BCUT2D eigenvalue weighted by atomic mass is 32.1. The van der Waals surface area contributed by atoms with Crippen molar-refractivity contribution in [1.82, 2.24) is 4.57 Å². The van der Waals surface area contributed by atoms with Gasteiger partial charge in [-0.25, -0.2) is 4.99 Å². The van der Waals surface area contributed by atoms with Crippen molar-refractivity contribution in [2.45, 2.75) is 18.7 Å². The number of nitrogens with zero attached hydrogens (tertiary/aromatic N) is 2. The molecule has 4 heterocycles. The molecule has 7 nitrogen and oxygen atoms in total. The predicted molar refractivity (Wildman–Crippen MR) is 101 cm³/mol. The molecule has 0 saturated heterocycles. The number of furan rings is 1. The summed E-state index contributed by atoms with van der Waals surface area (Å²) in [5.74, 6) is -0.619. The van der Waals surface area contributed by atoms with Gasteiger partial charge in [-0.1, -0.05) is 29.5 Å². The maximum Gasteiger partial charge on any atom is 0.317 e. The van der Waals surface area contributed by atoms with Crippen LogP contribution in [0.15, 0.2) is 57.1 Å². The van der Waals surface area contributed by atoms with Crippen LogP contribution in [0, 0.1) is 5.92 Å². The minimum atomic E-state index is -1.16. The third-order valence-corrected chi connectivity index (χ3v) is 6.16. The lowest BCUT2D eigenvalue weighted by Gasteiger charge is -2.44. The highest BCUT2D eigenvalue weighted by Gasteiger charge is 2.55. The van der Waals surface area contributed by atoms with E-state index in [0.29, 0.717) is 15.1 Å². The molecule has 28 heavy (non-hydrogen) atoms. The van der Waals surface area contributed by atoms with Gasteiger partial charge in [-0.2, -0.15) is 0 Å². The number of ether oxygens (including phenoxy) is 2. The van der Waals surface area contributed by atoms with Gasteiger partial charge in [0.1, 0.15) is 11.7 Å². The smallest absolute Gasteiger partial charge is 0.317 e. The van der Waals surface area contributed by atoms with Crippen LogP contribution in [0.3, 0.4) is 0 Å². The Balaban J connectivity index is 1.83. The lowest BCUT2D eigenvalue weighted by Crippen LogP contribution is -2.58. The Morgan fingerprint density at radius 2 is 2.18 bits per heavy atom. The van der Waals surface area contributed by atoms with Gasteiger partial charge < -0.3 is 13.9 Å². The lowest BCUT2D eigenvalue weighted by molar-refractivity contribution is -0.158. The molecule has 2 bridgehead atoms. The molecule has 8 heteroatoms. The number of carbonyl (C=O) groups excluding carboxylic acids is 1. The number of hydrogen-bond donors (Lipinski definition) is 0. The van der Waals surface area contributed by atoms with E-state index >= 15 is 0 Å². The van der Waals surface area contributed by atoms with E-state index in [0.717, 1.165) is 11.1 Å². The Labute approximate surface area is 163 Å². The zero-order chi connectivity index (χ0) is 19.5. The minimum absolute atomic E-state index is 0.206. The van der Waals surface area contributed by atoms with Gasteiger partial charge in [-0.15, -0.1) is 0 Å². The average molecular weight is 396 g/mol. The monoisotopic (exact) mass is 396 g/mol. The van der Waals surface area contributed by atoms with Crippen molar-refractivity contribution in [2.24, 2.45) is 10.9 Å². The van der Waals surface area contributed by atoms with E-state index in [1.807, 2.05) is 24.3 Å². The summed E-state index contributed by atoms with van der Waals surface area (Å²) in [6.07, 6.45) is 4.87. The number of aromatic nitrogens is 1. The summed E-state index contributed by atoms with van der Waals surface area (Å²) in [6, 6.07) is 8.63. The number of esters is 1. The largest absolute Gasteiger partial charge is 0.472 e. The summed E-state index contributed by atoms with van der Waals surface area (Å²) in [7, 11) is 1.33. The van der Waals surface area contributed by atoms with E-state index in [1.54, 1.807) is 36.2 Å². The number of thiazole rings is 1. The van der Waals surface area contributed by atoms with Crippen LogP contribution >= 0.6 is 11.3 Å². The average Bonchev–Trinajstić information content (AvgIpc) is 3.28. The van der Waals surface area contributed by atoms with Gasteiger partial charge in [-0.3, -0.25) is 14.2 Å². The van der Waals surface area contributed by atoms with Crippen molar-refractivity contribution in [3.63, 3.8) is 0 Å². The maximum absolute atomic E-state index is 13.3. The zero-order valence-corrected chi connectivity index (χ0v) is 15.9. The van der Waals surface area contributed by atoms with Gasteiger partial charge in [0.15, 0.2) is 4.80 Å². The molecule has 0 spiro atoms. The summed E-state index contributed by atoms with van der Waals surface area (Å²) in [5.41, 5.74) is 0.187. The van der Waals surface area contributed by atoms with E-state index in [2.05, 4.69) is 4.99 Å². The highest BCUT2D eigenvalue weighted by molar-refractivity contribution is 7.07. The van der Waals surface area contributed by atoms with Crippen molar-refractivity contribution in [2.75, 3.05) is 7.11 Å². The molecule has 1 aromatic carbocycles. The first kappa shape index (κ1) is 17.0. The zero-order valence-electron chi connectivity index (χ0n) is 15.1. The molecular formula is C20H16N2O5S. The maximum atomic E-state index is 13.3. The van der Waals surface area contributed by atoms with Gasteiger partial charge in [0.05, 0.1) is 30.2 Å². The number of methoxy groups -OCH3 is 1. The van der Waals surface area contributed by atoms with Gasteiger partial charge in [0, 0.05) is 11.1 Å². The van der Waals surface area contributed by atoms with Crippen LogP contribution in [0.2, 0.25) is 0 Å². The van der Waals surface area contributed by atoms with Gasteiger partial charge in [0.25, 0.3) is 5.56 Å². The molecular weight excluding hydrogens is 380 g/mol. The Kier molecular flexibility index (Phi) is 3.60. The first-order chi connectivity index (χ1) is 13.5. The second-order valence-electron chi connectivity index (χ2n) is 6.88. The first-order valence-corrected chi connectivity index (χ1v) is 9.54. The molecule has 0 fully saturated rings.